The van der Waals surface area contributed by atoms with Gasteiger partial charge in [-0.3, -0.25) is 4.79 Å². The first kappa shape index (κ1) is 13.2. The lowest BCUT2D eigenvalue weighted by Crippen LogP contribution is -2.52. The molecular weight excluding hydrogens is 226 g/mol. The molecule has 92 valence electrons. The molecule has 2 unspecified atom stereocenters. The Bertz CT molecular complexity index is 250. The molecule has 0 aromatic heterocycles. The maximum Gasteiger partial charge on any atom is 0.220 e. The number of rotatable bonds is 4. The van der Waals surface area contributed by atoms with E-state index < -0.39 is 0 Å². The minimum absolute atomic E-state index is 0.115. The maximum absolute atomic E-state index is 11.0. The topological polar surface area (TPSA) is 62.4 Å². The summed E-state index contributed by atoms with van der Waals surface area (Å²) in [6, 6.07) is 0.413. The molecule has 1 saturated heterocycles. The van der Waals surface area contributed by atoms with Gasteiger partial charge in [0, 0.05) is 32.2 Å². The maximum atomic E-state index is 11.0. The second kappa shape index (κ2) is 6.65. The summed E-state index contributed by atoms with van der Waals surface area (Å²) in [5.41, 5.74) is 0. The molecule has 1 aliphatic rings. The number of piperidine rings is 1. The SMILES string of the molecule is COCC(C)NC(=S)NC1CCC(=O)NC1. The van der Waals surface area contributed by atoms with E-state index in [4.69, 9.17) is 17.0 Å². The Balaban J connectivity index is 2.21. The van der Waals surface area contributed by atoms with E-state index >= 15 is 0 Å². The Morgan fingerprint density at radius 2 is 2.50 bits per heavy atom. The van der Waals surface area contributed by atoms with E-state index in [1.54, 1.807) is 7.11 Å². The highest BCUT2D eigenvalue weighted by atomic mass is 32.1. The van der Waals surface area contributed by atoms with E-state index in [0.29, 0.717) is 24.7 Å². The quantitative estimate of drug-likeness (QED) is 0.597. The molecule has 16 heavy (non-hydrogen) atoms. The normalized spacial score (nSPS) is 22.1. The average molecular weight is 245 g/mol. The number of ether oxygens (including phenoxy) is 1. The van der Waals surface area contributed by atoms with Gasteiger partial charge in [-0.05, 0) is 25.6 Å². The van der Waals surface area contributed by atoms with Crippen LogP contribution in [-0.2, 0) is 9.53 Å². The minimum Gasteiger partial charge on any atom is -0.383 e. The summed E-state index contributed by atoms with van der Waals surface area (Å²) in [5, 5.41) is 9.72. The summed E-state index contributed by atoms with van der Waals surface area (Å²) >= 11 is 5.16. The van der Waals surface area contributed by atoms with Gasteiger partial charge in [0.15, 0.2) is 5.11 Å². The summed E-state index contributed by atoms with van der Waals surface area (Å²) in [5.74, 6) is 0.115. The van der Waals surface area contributed by atoms with Gasteiger partial charge >= 0.3 is 0 Å². The third-order valence-corrected chi connectivity index (χ3v) is 2.63. The molecule has 0 aromatic rings. The summed E-state index contributed by atoms with van der Waals surface area (Å²) in [4.78, 5) is 11.0. The molecule has 0 aliphatic carbocycles. The molecule has 2 atom stereocenters. The van der Waals surface area contributed by atoms with Gasteiger partial charge in [0.1, 0.15) is 0 Å². The zero-order chi connectivity index (χ0) is 12.0. The van der Waals surface area contributed by atoms with Gasteiger partial charge in [-0.25, -0.2) is 0 Å². The van der Waals surface area contributed by atoms with Gasteiger partial charge in [-0.15, -0.1) is 0 Å². The van der Waals surface area contributed by atoms with Crippen LogP contribution < -0.4 is 16.0 Å². The van der Waals surface area contributed by atoms with Crippen molar-refractivity contribution >= 4 is 23.2 Å². The number of carbonyl (C=O) groups is 1. The average Bonchev–Trinajstić information content (AvgIpc) is 2.21. The van der Waals surface area contributed by atoms with Crippen molar-refractivity contribution in [1.82, 2.24) is 16.0 Å². The first-order valence-electron chi connectivity index (χ1n) is 5.44. The summed E-state index contributed by atoms with van der Waals surface area (Å²) in [7, 11) is 1.66. The lowest BCUT2D eigenvalue weighted by Gasteiger charge is -2.26. The number of nitrogens with one attached hydrogen (secondary N) is 3. The van der Waals surface area contributed by atoms with Crippen LogP contribution in [0.4, 0.5) is 0 Å². The van der Waals surface area contributed by atoms with Crippen molar-refractivity contribution in [3.05, 3.63) is 0 Å². The van der Waals surface area contributed by atoms with Crippen molar-refractivity contribution in [3.8, 4) is 0 Å². The Hall–Kier alpha value is -0.880. The molecule has 1 aliphatic heterocycles. The zero-order valence-corrected chi connectivity index (χ0v) is 10.5. The largest absolute Gasteiger partial charge is 0.383 e. The van der Waals surface area contributed by atoms with Crippen LogP contribution in [0.3, 0.4) is 0 Å². The Morgan fingerprint density at radius 3 is 3.06 bits per heavy atom. The number of carbonyl (C=O) groups excluding carboxylic acids is 1. The predicted molar refractivity (Wildman–Crippen MR) is 66.2 cm³/mol. The fourth-order valence-corrected chi connectivity index (χ4v) is 1.97. The van der Waals surface area contributed by atoms with Crippen LogP contribution in [0.2, 0.25) is 0 Å². The van der Waals surface area contributed by atoms with E-state index in [2.05, 4.69) is 16.0 Å². The highest BCUT2D eigenvalue weighted by Gasteiger charge is 2.18. The second-order valence-electron chi connectivity index (χ2n) is 4.01. The van der Waals surface area contributed by atoms with E-state index in [9.17, 15) is 4.79 Å². The minimum atomic E-state index is 0.115. The molecule has 0 saturated carbocycles. The molecular formula is C10H19N3O2S. The Labute approximate surface area is 101 Å². The molecule has 1 fully saturated rings. The van der Waals surface area contributed by atoms with Gasteiger partial charge in [0.05, 0.1) is 6.61 Å². The number of hydrogen-bond acceptors (Lipinski definition) is 3. The van der Waals surface area contributed by atoms with Crippen LogP contribution >= 0.6 is 12.2 Å². The smallest absolute Gasteiger partial charge is 0.220 e. The van der Waals surface area contributed by atoms with Crippen molar-refractivity contribution in [2.75, 3.05) is 20.3 Å². The van der Waals surface area contributed by atoms with E-state index in [-0.39, 0.29) is 18.0 Å². The lowest BCUT2D eigenvalue weighted by molar-refractivity contribution is -0.122. The standard InChI is InChI=1S/C10H19N3O2S/c1-7(6-15-2)12-10(16)13-8-3-4-9(14)11-5-8/h7-8H,3-6H2,1-2H3,(H,11,14)(H2,12,13,16). The van der Waals surface area contributed by atoms with Gasteiger partial charge < -0.3 is 20.7 Å². The third-order valence-electron chi connectivity index (χ3n) is 2.39. The molecule has 3 N–H and O–H groups in total. The summed E-state index contributed by atoms with van der Waals surface area (Å²) in [6.45, 7) is 3.25. The van der Waals surface area contributed by atoms with Crippen LogP contribution in [0.25, 0.3) is 0 Å². The molecule has 6 heteroatoms. The fourth-order valence-electron chi connectivity index (χ4n) is 1.60. The molecule has 1 heterocycles. The van der Waals surface area contributed by atoms with Crippen molar-refractivity contribution in [3.63, 3.8) is 0 Å². The summed E-state index contributed by atoms with van der Waals surface area (Å²) < 4.78 is 5.00. The zero-order valence-electron chi connectivity index (χ0n) is 9.71. The third kappa shape index (κ3) is 4.76. The molecule has 5 nitrogen and oxygen atoms in total. The highest BCUT2D eigenvalue weighted by molar-refractivity contribution is 7.80. The number of amides is 1. The molecule has 0 spiro atoms. The van der Waals surface area contributed by atoms with Crippen LogP contribution in [0.5, 0.6) is 0 Å². The van der Waals surface area contributed by atoms with Gasteiger partial charge in [0.2, 0.25) is 5.91 Å². The van der Waals surface area contributed by atoms with Crippen molar-refractivity contribution in [2.45, 2.75) is 31.8 Å². The fraction of sp³-hybridized carbons (Fsp3) is 0.800. The van der Waals surface area contributed by atoms with Crippen molar-refractivity contribution in [1.29, 1.82) is 0 Å². The number of methoxy groups -OCH3 is 1. The molecule has 1 rings (SSSR count). The summed E-state index contributed by atoms with van der Waals surface area (Å²) in [6.07, 6.45) is 1.39. The predicted octanol–water partition coefficient (Wildman–Crippen LogP) is -0.236. The van der Waals surface area contributed by atoms with Crippen LogP contribution in [0.15, 0.2) is 0 Å². The first-order valence-corrected chi connectivity index (χ1v) is 5.85. The second-order valence-corrected chi connectivity index (χ2v) is 4.42. The number of hydrogen-bond donors (Lipinski definition) is 3. The first-order chi connectivity index (χ1) is 7.61. The van der Waals surface area contributed by atoms with E-state index in [1.807, 2.05) is 6.92 Å². The van der Waals surface area contributed by atoms with Gasteiger partial charge in [-0.2, -0.15) is 0 Å². The van der Waals surface area contributed by atoms with Gasteiger partial charge in [-0.1, -0.05) is 0 Å². The van der Waals surface area contributed by atoms with Crippen LogP contribution in [-0.4, -0.2) is 43.4 Å². The van der Waals surface area contributed by atoms with Crippen LogP contribution in [0.1, 0.15) is 19.8 Å². The molecule has 0 bridgehead atoms. The lowest BCUT2D eigenvalue weighted by atomic mass is 10.1. The molecule has 0 aromatic carbocycles. The monoisotopic (exact) mass is 245 g/mol. The molecule has 0 radical (unpaired) electrons. The highest BCUT2D eigenvalue weighted by Crippen LogP contribution is 2.02. The van der Waals surface area contributed by atoms with Gasteiger partial charge in [0.25, 0.3) is 0 Å². The van der Waals surface area contributed by atoms with E-state index in [1.165, 1.54) is 0 Å². The van der Waals surface area contributed by atoms with E-state index in [0.717, 1.165) is 6.42 Å². The number of thiocarbonyl (C=S) groups is 1. The Kier molecular flexibility index (Phi) is 5.48. The van der Waals surface area contributed by atoms with Crippen molar-refractivity contribution in [2.24, 2.45) is 0 Å². The Morgan fingerprint density at radius 1 is 1.75 bits per heavy atom. The van der Waals surface area contributed by atoms with Crippen molar-refractivity contribution < 1.29 is 9.53 Å². The molecule has 1 amide bonds. The van der Waals surface area contributed by atoms with Crippen LogP contribution in [0, 0.1) is 0 Å².